The number of halogens is 1. The van der Waals surface area contributed by atoms with Gasteiger partial charge >= 0.3 is 5.97 Å². The van der Waals surface area contributed by atoms with E-state index in [2.05, 4.69) is 5.32 Å². The molecule has 2 aromatic rings. The minimum atomic E-state index is -0.877. The van der Waals surface area contributed by atoms with Gasteiger partial charge in [-0.15, -0.1) is 0 Å². The van der Waals surface area contributed by atoms with E-state index in [1.54, 1.807) is 18.2 Å². The summed E-state index contributed by atoms with van der Waals surface area (Å²) in [5.74, 6) is -1.23. The van der Waals surface area contributed by atoms with Crippen LogP contribution in [0.5, 0.6) is 0 Å². The van der Waals surface area contributed by atoms with Crippen LogP contribution in [0.1, 0.15) is 18.1 Å². The maximum atomic E-state index is 12.8. The SMILES string of the molecule is C[C@H](OC(=O)/C=C/c1ccsc1)C(=O)NCCc1ccc(F)cc1. The Morgan fingerprint density at radius 3 is 2.71 bits per heavy atom. The molecule has 0 saturated heterocycles. The summed E-state index contributed by atoms with van der Waals surface area (Å²) in [4.78, 5) is 23.5. The Labute approximate surface area is 144 Å². The monoisotopic (exact) mass is 347 g/mol. The third-order valence-corrected chi connectivity index (χ3v) is 3.94. The number of hydrogen-bond donors (Lipinski definition) is 1. The summed E-state index contributed by atoms with van der Waals surface area (Å²) in [7, 11) is 0. The Morgan fingerprint density at radius 2 is 2.04 bits per heavy atom. The van der Waals surface area contributed by atoms with Crippen LogP contribution in [0.4, 0.5) is 4.39 Å². The van der Waals surface area contributed by atoms with Gasteiger partial charge in [-0.2, -0.15) is 11.3 Å². The summed E-state index contributed by atoms with van der Waals surface area (Å²) < 4.78 is 17.8. The molecule has 0 bridgehead atoms. The molecule has 0 aliphatic rings. The highest BCUT2D eigenvalue weighted by Gasteiger charge is 2.15. The fraction of sp³-hybridized carbons (Fsp3) is 0.222. The minimum Gasteiger partial charge on any atom is -0.449 e. The largest absolute Gasteiger partial charge is 0.449 e. The van der Waals surface area contributed by atoms with Crippen LogP contribution in [0.15, 0.2) is 47.2 Å². The van der Waals surface area contributed by atoms with Gasteiger partial charge in [0.1, 0.15) is 5.82 Å². The zero-order valence-electron chi connectivity index (χ0n) is 13.2. The van der Waals surface area contributed by atoms with Crippen molar-refractivity contribution in [3.8, 4) is 0 Å². The van der Waals surface area contributed by atoms with Crippen molar-refractivity contribution in [1.29, 1.82) is 0 Å². The van der Waals surface area contributed by atoms with Crippen molar-refractivity contribution in [3.63, 3.8) is 0 Å². The Morgan fingerprint density at radius 1 is 1.29 bits per heavy atom. The van der Waals surface area contributed by atoms with Crippen LogP contribution >= 0.6 is 11.3 Å². The van der Waals surface area contributed by atoms with Crippen LogP contribution in [0.2, 0.25) is 0 Å². The minimum absolute atomic E-state index is 0.293. The number of thiophene rings is 1. The molecule has 1 amide bonds. The van der Waals surface area contributed by atoms with Gasteiger partial charge in [0.25, 0.3) is 5.91 Å². The highest BCUT2D eigenvalue weighted by molar-refractivity contribution is 7.08. The fourth-order valence-electron chi connectivity index (χ4n) is 1.93. The summed E-state index contributed by atoms with van der Waals surface area (Å²) >= 11 is 1.53. The smallest absolute Gasteiger partial charge is 0.331 e. The van der Waals surface area contributed by atoms with E-state index in [4.69, 9.17) is 4.74 Å². The van der Waals surface area contributed by atoms with Crippen molar-refractivity contribution >= 4 is 29.3 Å². The second-order valence-electron chi connectivity index (χ2n) is 5.14. The summed E-state index contributed by atoms with van der Waals surface area (Å²) in [6, 6.07) is 7.96. The molecule has 1 N–H and O–H groups in total. The van der Waals surface area contributed by atoms with Crippen LogP contribution in [0, 0.1) is 5.82 Å². The zero-order chi connectivity index (χ0) is 17.4. The lowest BCUT2D eigenvalue weighted by Crippen LogP contribution is -2.36. The van der Waals surface area contributed by atoms with E-state index < -0.39 is 12.1 Å². The van der Waals surface area contributed by atoms with Crippen molar-refractivity contribution in [2.24, 2.45) is 0 Å². The third-order valence-electron chi connectivity index (χ3n) is 3.24. The molecule has 0 aliphatic heterocycles. The topological polar surface area (TPSA) is 55.4 Å². The normalized spacial score (nSPS) is 12.1. The van der Waals surface area contributed by atoms with Gasteiger partial charge in [-0.25, -0.2) is 9.18 Å². The van der Waals surface area contributed by atoms with Crippen LogP contribution in [-0.4, -0.2) is 24.5 Å². The molecule has 1 aromatic carbocycles. The molecule has 1 atom stereocenters. The standard InChI is InChI=1S/C18H18FNO3S/c1-13(23-17(21)7-4-15-9-11-24-12-15)18(22)20-10-8-14-2-5-16(19)6-3-14/h2-7,9,11-13H,8,10H2,1H3,(H,20,22)/b7-4+/t13-/m0/s1. The third kappa shape index (κ3) is 5.96. The average molecular weight is 347 g/mol. The molecule has 0 unspecified atom stereocenters. The van der Waals surface area contributed by atoms with E-state index >= 15 is 0 Å². The van der Waals surface area contributed by atoms with Crippen molar-refractivity contribution in [1.82, 2.24) is 5.32 Å². The molecule has 1 heterocycles. The fourth-order valence-corrected chi connectivity index (χ4v) is 2.55. The van der Waals surface area contributed by atoms with Gasteiger partial charge in [-0.1, -0.05) is 12.1 Å². The predicted octanol–water partition coefficient (Wildman–Crippen LogP) is 3.19. The number of carbonyl (C=O) groups excluding carboxylic acids is 2. The van der Waals surface area contributed by atoms with Gasteiger partial charge in [0, 0.05) is 12.6 Å². The van der Waals surface area contributed by atoms with Crippen molar-refractivity contribution in [3.05, 3.63) is 64.1 Å². The lowest BCUT2D eigenvalue weighted by molar-refractivity contribution is -0.150. The Bertz CT molecular complexity index is 696. The highest BCUT2D eigenvalue weighted by atomic mass is 32.1. The Kier molecular flexibility index (Phi) is 6.69. The van der Waals surface area contributed by atoms with Gasteiger partial charge < -0.3 is 10.1 Å². The number of hydrogen-bond acceptors (Lipinski definition) is 4. The first-order valence-corrected chi connectivity index (χ1v) is 8.42. The summed E-state index contributed by atoms with van der Waals surface area (Å²) in [5, 5.41) is 6.49. The highest BCUT2D eigenvalue weighted by Crippen LogP contribution is 2.08. The molecule has 126 valence electrons. The molecular weight excluding hydrogens is 329 g/mol. The van der Waals surface area contributed by atoms with Gasteiger partial charge in [0.05, 0.1) is 0 Å². The molecule has 0 radical (unpaired) electrons. The molecule has 6 heteroatoms. The summed E-state index contributed by atoms with van der Waals surface area (Å²) in [6.45, 7) is 1.90. The molecule has 24 heavy (non-hydrogen) atoms. The van der Waals surface area contributed by atoms with E-state index in [1.807, 2.05) is 16.8 Å². The van der Waals surface area contributed by atoms with E-state index in [9.17, 15) is 14.0 Å². The van der Waals surface area contributed by atoms with E-state index in [0.717, 1.165) is 11.1 Å². The zero-order valence-corrected chi connectivity index (χ0v) is 14.0. The first kappa shape index (κ1) is 17.9. The van der Waals surface area contributed by atoms with Gasteiger partial charge in [-0.05, 0) is 59.5 Å². The maximum Gasteiger partial charge on any atom is 0.331 e. The van der Waals surface area contributed by atoms with Gasteiger partial charge in [-0.3, -0.25) is 4.79 Å². The molecule has 0 saturated carbocycles. The molecule has 1 aromatic heterocycles. The summed E-state index contributed by atoms with van der Waals surface area (Å²) in [5.41, 5.74) is 1.83. The number of rotatable bonds is 7. The lowest BCUT2D eigenvalue weighted by atomic mass is 10.1. The lowest BCUT2D eigenvalue weighted by Gasteiger charge is -2.12. The van der Waals surface area contributed by atoms with Crippen molar-refractivity contribution in [2.75, 3.05) is 6.54 Å². The van der Waals surface area contributed by atoms with E-state index in [-0.39, 0.29) is 11.7 Å². The number of esters is 1. The van der Waals surface area contributed by atoms with Crippen LogP contribution < -0.4 is 5.32 Å². The Balaban J connectivity index is 1.71. The van der Waals surface area contributed by atoms with Crippen LogP contribution in [0.25, 0.3) is 6.08 Å². The molecular formula is C18H18FNO3S. The predicted molar refractivity (Wildman–Crippen MR) is 92.0 cm³/mol. The van der Waals surface area contributed by atoms with E-state index in [0.29, 0.717) is 13.0 Å². The first-order valence-electron chi connectivity index (χ1n) is 7.47. The molecule has 4 nitrogen and oxygen atoms in total. The van der Waals surface area contributed by atoms with Gasteiger partial charge in [0.2, 0.25) is 0 Å². The number of amides is 1. The second kappa shape index (κ2) is 8.98. The second-order valence-corrected chi connectivity index (χ2v) is 5.92. The maximum absolute atomic E-state index is 12.8. The number of nitrogens with one attached hydrogen (secondary N) is 1. The van der Waals surface area contributed by atoms with Crippen molar-refractivity contribution < 1.29 is 18.7 Å². The quantitative estimate of drug-likeness (QED) is 0.618. The van der Waals surface area contributed by atoms with E-state index in [1.165, 1.54) is 36.5 Å². The number of carbonyl (C=O) groups is 2. The molecule has 0 aliphatic carbocycles. The average Bonchev–Trinajstić information content (AvgIpc) is 3.08. The van der Waals surface area contributed by atoms with Crippen molar-refractivity contribution in [2.45, 2.75) is 19.4 Å². The number of benzene rings is 1. The van der Waals surface area contributed by atoms with Crippen LogP contribution in [-0.2, 0) is 20.7 Å². The van der Waals surface area contributed by atoms with Crippen LogP contribution in [0.3, 0.4) is 0 Å². The molecule has 0 fully saturated rings. The first-order chi connectivity index (χ1) is 11.5. The molecule has 2 rings (SSSR count). The molecule has 0 spiro atoms. The van der Waals surface area contributed by atoms with Gasteiger partial charge in [0.15, 0.2) is 6.10 Å². The number of ether oxygens (including phenoxy) is 1. The Hall–Kier alpha value is -2.47. The summed E-state index contributed by atoms with van der Waals surface area (Å²) in [6.07, 6.45) is 2.63.